The third kappa shape index (κ3) is 7.67. The summed E-state index contributed by atoms with van der Waals surface area (Å²) >= 11 is 0. The molecule has 6 heteroatoms. The highest BCUT2D eigenvalue weighted by Crippen LogP contribution is 2.01. The van der Waals surface area contributed by atoms with Crippen molar-refractivity contribution in [2.75, 3.05) is 20.3 Å². The lowest BCUT2D eigenvalue weighted by atomic mass is 10.3. The summed E-state index contributed by atoms with van der Waals surface area (Å²) in [5.41, 5.74) is 0.337. The lowest BCUT2D eigenvalue weighted by Gasteiger charge is -2.17. The lowest BCUT2D eigenvalue weighted by molar-refractivity contribution is -0.147. The van der Waals surface area contributed by atoms with Crippen molar-refractivity contribution in [1.29, 1.82) is 0 Å². The van der Waals surface area contributed by atoms with Gasteiger partial charge in [-0.15, -0.1) is 0 Å². The first kappa shape index (κ1) is 16.4. The Bertz CT molecular complexity index is 299. The van der Waals surface area contributed by atoms with Gasteiger partial charge in [-0.1, -0.05) is 6.58 Å². The molecule has 104 valence electrons. The maximum atomic E-state index is 11.2. The number of rotatable bonds is 7. The molecule has 0 bridgehead atoms. The fourth-order valence-corrected chi connectivity index (χ4v) is 0.910. The number of esters is 1. The van der Waals surface area contributed by atoms with Gasteiger partial charge in [0, 0.05) is 5.57 Å². The Morgan fingerprint density at radius 2 is 1.78 bits per heavy atom. The first-order chi connectivity index (χ1) is 8.36. The zero-order chi connectivity index (χ0) is 14.1. The SMILES string of the molecule is C=C(C)C(=O)OC(C)COC(C)COC(=O)OC. The Balaban J connectivity index is 3.77. The number of ether oxygens (including phenoxy) is 4. The highest BCUT2D eigenvalue weighted by molar-refractivity contribution is 5.87. The maximum Gasteiger partial charge on any atom is 0.508 e. The van der Waals surface area contributed by atoms with E-state index in [9.17, 15) is 9.59 Å². The summed E-state index contributed by atoms with van der Waals surface area (Å²) in [5.74, 6) is -0.454. The van der Waals surface area contributed by atoms with E-state index < -0.39 is 18.2 Å². The van der Waals surface area contributed by atoms with Gasteiger partial charge < -0.3 is 18.9 Å². The number of hydrogen-bond acceptors (Lipinski definition) is 6. The van der Waals surface area contributed by atoms with E-state index in [1.807, 2.05) is 0 Å². The topological polar surface area (TPSA) is 71.1 Å². The number of carbonyl (C=O) groups is 2. The molecular weight excluding hydrogens is 240 g/mol. The van der Waals surface area contributed by atoms with Crippen molar-refractivity contribution in [3.05, 3.63) is 12.2 Å². The van der Waals surface area contributed by atoms with Crippen molar-refractivity contribution in [3.63, 3.8) is 0 Å². The minimum Gasteiger partial charge on any atom is -0.457 e. The van der Waals surface area contributed by atoms with Crippen LogP contribution in [0.5, 0.6) is 0 Å². The summed E-state index contributed by atoms with van der Waals surface area (Å²) < 4.78 is 19.4. The standard InChI is InChI=1S/C12H20O6/c1-8(2)11(13)18-10(4)7-16-9(3)6-17-12(14)15-5/h9-10H,1,6-7H2,2-5H3. The molecule has 0 aromatic carbocycles. The second-order valence-corrected chi connectivity index (χ2v) is 3.91. The molecule has 0 aliphatic rings. The largest absolute Gasteiger partial charge is 0.508 e. The van der Waals surface area contributed by atoms with Gasteiger partial charge in [0.1, 0.15) is 12.7 Å². The zero-order valence-electron chi connectivity index (χ0n) is 11.2. The smallest absolute Gasteiger partial charge is 0.457 e. The van der Waals surface area contributed by atoms with Crippen molar-refractivity contribution in [3.8, 4) is 0 Å². The summed E-state index contributed by atoms with van der Waals surface area (Å²) in [7, 11) is 1.23. The molecule has 0 aromatic heterocycles. The molecule has 0 rings (SSSR count). The average molecular weight is 260 g/mol. The Kier molecular flexibility index (Phi) is 7.78. The Labute approximate surface area is 107 Å². The second-order valence-electron chi connectivity index (χ2n) is 3.91. The van der Waals surface area contributed by atoms with Crippen LogP contribution >= 0.6 is 0 Å². The minimum absolute atomic E-state index is 0.0772. The van der Waals surface area contributed by atoms with E-state index in [0.717, 1.165) is 0 Å². The molecule has 0 amide bonds. The zero-order valence-corrected chi connectivity index (χ0v) is 11.2. The average Bonchev–Trinajstić information content (AvgIpc) is 2.32. The van der Waals surface area contributed by atoms with Gasteiger partial charge in [-0.3, -0.25) is 0 Å². The predicted octanol–water partition coefficient (Wildman–Crippen LogP) is 1.68. The van der Waals surface area contributed by atoms with Crippen LogP contribution in [0.25, 0.3) is 0 Å². The highest BCUT2D eigenvalue weighted by Gasteiger charge is 2.13. The summed E-state index contributed by atoms with van der Waals surface area (Å²) in [6.07, 6.45) is -1.46. The highest BCUT2D eigenvalue weighted by atomic mass is 16.7. The van der Waals surface area contributed by atoms with Crippen LogP contribution in [0.3, 0.4) is 0 Å². The van der Waals surface area contributed by atoms with Gasteiger partial charge in [0.15, 0.2) is 0 Å². The van der Waals surface area contributed by atoms with E-state index >= 15 is 0 Å². The van der Waals surface area contributed by atoms with E-state index in [1.165, 1.54) is 7.11 Å². The Hall–Kier alpha value is -1.56. The van der Waals surface area contributed by atoms with Crippen LogP contribution in [0.1, 0.15) is 20.8 Å². The fourth-order valence-electron chi connectivity index (χ4n) is 0.910. The van der Waals surface area contributed by atoms with Gasteiger partial charge in [-0.05, 0) is 20.8 Å². The molecule has 6 nitrogen and oxygen atoms in total. The first-order valence-corrected chi connectivity index (χ1v) is 5.55. The van der Waals surface area contributed by atoms with Gasteiger partial charge in [0.2, 0.25) is 0 Å². The van der Waals surface area contributed by atoms with E-state index in [4.69, 9.17) is 14.2 Å². The molecule has 0 aromatic rings. The normalized spacial score (nSPS) is 13.3. The lowest BCUT2D eigenvalue weighted by Crippen LogP contribution is -2.26. The van der Waals surface area contributed by atoms with Gasteiger partial charge in [-0.25, -0.2) is 9.59 Å². The molecule has 0 aliphatic heterocycles. The Morgan fingerprint density at radius 3 is 2.28 bits per heavy atom. The fraction of sp³-hybridized carbons (Fsp3) is 0.667. The number of methoxy groups -OCH3 is 1. The number of hydrogen-bond donors (Lipinski definition) is 0. The molecule has 18 heavy (non-hydrogen) atoms. The quantitative estimate of drug-likeness (QED) is 0.512. The first-order valence-electron chi connectivity index (χ1n) is 5.55. The molecule has 0 saturated carbocycles. The molecule has 0 saturated heterocycles. The molecule has 2 atom stereocenters. The van der Waals surface area contributed by atoms with Crippen LogP contribution in [0, 0.1) is 0 Å². The van der Waals surface area contributed by atoms with Gasteiger partial charge >= 0.3 is 12.1 Å². The summed E-state index contributed by atoms with van der Waals surface area (Å²) in [5, 5.41) is 0. The summed E-state index contributed by atoms with van der Waals surface area (Å²) in [6, 6.07) is 0. The van der Waals surface area contributed by atoms with Gasteiger partial charge in [0.05, 0.1) is 19.8 Å². The number of carbonyl (C=O) groups excluding carboxylic acids is 2. The molecular formula is C12H20O6. The van der Waals surface area contributed by atoms with Crippen LogP contribution in [-0.4, -0.2) is 44.7 Å². The maximum absolute atomic E-state index is 11.2. The Morgan fingerprint density at radius 1 is 1.17 bits per heavy atom. The van der Waals surface area contributed by atoms with Crippen LogP contribution in [0.4, 0.5) is 4.79 Å². The van der Waals surface area contributed by atoms with E-state index in [0.29, 0.717) is 5.57 Å². The third-order valence-corrected chi connectivity index (χ3v) is 1.87. The third-order valence-electron chi connectivity index (χ3n) is 1.87. The van der Waals surface area contributed by atoms with Crippen molar-refractivity contribution in [2.24, 2.45) is 0 Å². The van der Waals surface area contributed by atoms with Crippen molar-refractivity contribution < 1.29 is 28.5 Å². The summed E-state index contributed by atoms with van der Waals surface area (Å²) in [6.45, 7) is 8.77. The van der Waals surface area contributed by atoms with Crippen molar-refractivity contribution in [2.45, 2.75) is 33.0 Å². The molecule has 0 fully saturated rings. The van der Waals surface area contributed by atoms with Gasteiger partial charge in [0.25, 0.3) is 0 Å². The van der Waals surface area contributed by atoms with Crippen LogP contribution in [0.2, 0.25) is 0 Å². The molecule has 0 aliphatic carbocycles. The molecule has 0 spiro atoms. The van der Waals surface area contributed by atoms with Crippen LogP contribution in [-0.2, 0) is 23.7 Å². The van der Waals surface area contributed by atoms with Gasteiger partial charge in [-0.2, -0.15) is 0 Å². The predicted molar refractivity (Wildman–Crippen MR) is 64.1 cm³/mol. The second kappa shape index (κ2) is 8.52. The van der Waals surface area contributed by atoms with E-state index in [1.54, 1.807) is 20.8 Å². The molecule has 0 heterocycles. The summed E-state index contributed by atoms with van der Waals surface area (Å²) in [4.78, 5) is 21.9. The van der Waals surface area contributed by atoms with Crippen molar-refractivity contribution in [1.82, 2.24) is 0 Å². The minimum atomic E-state index is -0.757. The van der Waals surface area contributed by atoms with Crippen LogP contribution < -0.4 is 0 Å². The van der Waals surface area contributed by atoms with E-state index in [-0.39, 0.29) is 19.3 Å². The van der Waals surface area contributed by atoms with Crippen LogP contribution in [0.15, 0.2) is 12.2 Å². The van der Waals surface area contributed by atoms with Crippen molar-refractivity contribution >= 4 is 12.1 Å². The molecule has 0 radical (unpaired) electrons. The monoisotopic (exact) mass is 260 g/mol. The molecule has 0 N–H and O–H groups in total. The molecule has 2 unspecified atom stereocenters. The van der Waals surface area contributed by atoms with E-state index in [2.05, 4.69) is 11.3 Å².